The van der Waals surface area contributed by atoms with E-state index in [1.165, 1.54) is 25.1 Å². The summed E-state index contributed by atoms with van der Waals surface area (Å²) in [5, 5.41) is 0. The van der Waals surface area contributed by atoms with Crippen molar-refractivity contribution in [1.29, 1.82) is 0 Å². The van der Waals surface area contributed by atoms with Crippen LogP contribution in [-0.4, -0.2) is 24.1 Å². The second kappa shape index (κ2) is 9.07. The van der Waals surface area contributed by atoms with Crippen molar-refractivity contribution >= 4 is 17.5 Å². The molecule has 0 aromatic heterocycles. The molecule has 4 nitrogen and oxygen atoms in total. The largest absolute Gasteiger partial charge is 0.466 e. The predicted octanol–water partition coefficient (Wildman–Crippen LogP) is 3.34. The summed E-state index contributed by atoms with van der Waals surface area (Å²) in [5.41, 5.74) is 0.200. The molecule has 0 radical (unpaired) electrons. The van der Waals surface area contributed by atoms with Crippen LogP contribution in [0.3, 0.4) is 0 Å². The zero-order valence-corrected chi connectivity index (χ0v) is 12.9. The molecule has 0 aliphatic carbocycles. The van der Waals surface area contributed by atoms with Crippen molar-refractivity contribution in [3.8, 4) is 0 Å². The number of esters is 1. The monoisotopic (exact) mass is 308 g/mol. The van der Waals surface area contributed by atoms with Gasteiger partial charge in [0.15, 0.2) is 5.78 Å². The first kappa shape index (κ1) is 18.0. The Morgan fingerprint density at radius 1 is 1.23 bits per heavy atom. The van der Waals surface area contributed by atoms with Gasteiger partial charge in [0.25, 0.3) is 0 Å². The van der Waals surface area contributed by atoms with Crippen LogP contribution in [0.15, 0.2) is 24.3 Å². The molecule has 0 spiro atoms. The van der Waals surface area contributed by atoms with Crippen molar-refractivity contribution in [1.82, 2.24) is 0 Å². The summed E-state index contributed by atoms with van der Waals surface area (Å²) in [4.78, 5) is 35.2. The van der Waals surface area contributed by atoms with E-state index in [4.69, 9.17) is 4.74 Å². The van der Waals surface area contributed by atoms with Crippen LogP contribution >= 0.6 is 0 Å². The number of unbranched alkanes of at least 4 members (excludes halogenated alkanes) is 1. The average Bonchev–Trinajstić information content (AvgIpc) is 2.46. The van der Waals surface area contributed by atoms with Gasteiger partial charge in [-0.1, -0.05) is 18.6 Å². The van der Waals surface area contributed by atoms with Crippen molar-refractivity contribution in [3.63, 3.8) is 0 Å². The summed E-state index contributed by atoms with van der Waals surface area (Å²) in [5.74, 6) is -2.19. The number of ether oxygens (including phenoxy) is 1. The van der Waals surface area contributed by atoms with E-state index in [0.717, 1.165) is 6.07 Å². The molecule has 0 aliphatic heterocycles. The van der Waals surface area contributed by atoms with Crippen molar-refractivity contribution in [2.24, 2.45) is 5.92 Å². The molecule has 0 bridgehead atoms. The van der Waals surface area contributed by atoms with E-state index in [0.29, 0.717) is 25.9 Å². The topological polar surface area (TPSA) is 60.4 Å². The molecule has 0 saturated carbocycles. The van der Waals surface area contributed by atoms with Crippen LogP contribution in [0.1, 0.15) is 49.9 Å². The summed E-state index contributed by atoms with van der Waals surface area (Å²) >= 11 is 0. The van der Waals surface area contributed by atoms with Gasteiger partial charge in [0.1, 0.15) is 11.6 Å². The highest BCUT2D eigenvalue weighted by Crippen LogP contribution is 2.18. The first-order valence-corrected chi connectivity index (χ1v) is 7.41. The van der Waals surface area contributed by atoms with Crippen LogP contribution in [0.4, 0.5) is 4.39 Å². The minimum atomic E-state index is -0.788. The maximum atomic E-state index is 13.2. The Morgan fingerprint density at radius 3 is 2.55 bits per heavy atom. The second-order valence-electron chi connectivity index (χ2n) is 5.09. The van der Waals surface area contributed by atoms with Crippen molar-refractivity contribution < 1.29 is 23.5 Å². The van der Waals surface area contributed by atoms with Crippen LogP contribution in [0.2, 0.25) is 0 Å². The number of halogens is 1. The fourth-order valence-corrected chi connectivity index (χ4v) is 2.21. The number of Topliss-reactive ketones (excluding diaryl/α,β-unsaturated/α-hetero) is 2. The molecular formula is C17H21FO4. The molecule has 1 atom stereocenters. The maximum absolute atomic E-state index is 13.2. The number of carbonyl (C=O) groups is 3. The molecule has 120 valence electrons. The highest BCUT2D eigenvalue weighted by Gasteiger charge is 2.24. The summed E-state index contributed by atoms with van der Waals surface area (Å²) in [7, 11) is 0. The third-order valence-electron chi connectivity index (χ3n) is 3.35. The van der Waals surface area contributed by atoms with Gasteiger partial charge in [0.2, 0.25) is 0 Å². The van der Waals surface area contributed by atoms with Crippen molar-refractivity contribution in [3.05, 3.63) is 35.6 Å². The van der Waals surface area contributed by atoms with Gasteiger partial charge in [-0.25, -0.2) is 4.39 Å². The third-order valence-corrected chi connectivity index (χ3v) is 3.35. The quantitative estimate of drug-likeness (QED) is 0.304. The van der Waals surface area contributed by atoms with E-state index >= 15 is 0 Å². The summed E-state index contributed by atoms with van der Waals surface area (Å²) in [6.45, 7) is 3.43. The van der Waals surface area contributed by atoms with Gasteiger partial charge in [0, 0.05) is 12.0 Å². The Morgan fingerprint density at radius 2 is 1.95 bits per heavy atom. The Kier molecular flexibility index (Phi) is 7.43. The lowest BCUT2D eigenvalue weighted by Gasteiger charge is -2.12. The molecule has 0 aliphatic rings. The molecule has 1 aromatic rings. The fourth-order valence-electron chi connectivity index (χ4n) is 2.21. The van der Waals surface area contributed by atoms with Crippen LogP contribution in [0.5, 0.6) is 0 Å². The molecule has 1 rings (SSSR count). The Labute approximate surface area is 129 Å². The van der Waals surface area contributed by atoms with E-state index in [1.54, 1.807) is 6.92 Å². The van der Waals surface area contributed by atoms with E-state index in [-0.39, 0.29) is 29.5 Å². The smallest absolute Gasteiger partial charge is 0.305 e. The molecule has 1 unspecified atom stereocenters. The molecular weight excluding hydrogens is 287 g/mol. The van der Waals surface area contributed by atoms with Crippen molar-refractivity contribution in [2.45, 2.75) is 39.5 Å². The normalized spacial score (nSPS) is 11.8. The van der Waals surface area contributed by atoms with Gasteiger partial charge >= 0.3 is 5.97 Å². The molecule has 0 heterocycles. The lowest BCUT2D eigenvalue weighted by atomic mass is 9.89. The highest BCUT2D eigenvalue weighted by atomic mass is 19.1. The van der Waals surface area contributed by atoms with Gasteiger partial charge in [-0.05, 0) is 38.8 Å². The van der Waals surface area contributed by atoms with Crippen molar-refractivity contribution in [2.75, 3.05) is 6.61 Å². The zero-order valence-electron chi connectivity index (χ0n) is 12.9. The molecule has 0 saturated heterocycles. The molecule has 0 N–H and O–H groups in total. The average molecular weight is 308 g/mol. The summed E-state index contributed by atoms with van der Waals surface area (Å²) < 4.78 is 18.0. The molecule has 22 heavy (non-hydrogen) atoms. The minimum absolute atomic E-state index is 0.200. The lowest BCUT2D eigenvalue weighted by Crippen LogP contribution is -2.22. The lowest BCUT2D eigenvalue weighted by molar-refractivity contribution is -0.143. The minimum Gasteiger partial charge on any atom is -0.466 e. The molecule has 0 fully saturated rings. The van der Waals surface area contributed by atoms with Gasteiger partial charge < -0.3 is 4.74 Å². The zero-order chi connectivity index (χ0) is 16.5. The SMILES string of the molecule is CCOC(=O)CCCCC(C(C)=O)C(=O)c1cccc(F)c1. The van der Waals surface area contributed by atoms with Gasteiger partial charge in [-0.15, -0.1) is 0 Å². The number of ketones is 2. The van der Waals surface area contributed by atoms with E-state index < -0.39 is 11.7 Å². The van der Waals surface area contributed by atoms with Gasteiger partial charge in [-0.3, -0.25) is 14.4 Å². The number of rotatable bonds is 9. The fraction of sp³-hybridized carbons (Fsp3) is 0.471. The Balaban J connectivity index is 2.57. The number of hydrogen-bond donors (Lipinski definition) is 0. The Bertz CT molecular complexity index is 539. The number of benzene rings is 1. The van der Waals surface area contributed by atoms with E-state index in [9.17, 15) is 18.8 Å². The third kappa shape index (κ3) is 5.76. The van der Waals surface area contributed by atoms with E-state index in [1.807, 2.05) is 0 Å². The highest BCUT2D eigenvalue weighted by molar-refractivity contribution is 6.10. The van der Waals surface area contributed by atoms with Crippen LogP contribution in [0, 0.1) is 11.7 Å². The first-order chi connectivity index (χ1) is 10.5. The second-order valence-corrected chi connectivity index (χ2v) is 5.09. The maximum Gasteiger partial charge on any atom is 0.305 e. The molecule has 0 amide bonds. The predicted molar refractivity (Wildman–Crippen MR) is 80.0 cm³/mol. The van der Waals surface area contributed by atoms with Gasteiger partial charge in [0.05, 0.1) is 12.5 Å². The van der Waals surface area contributed by atoms with E-state index in [2.05, 4.69) is 0 Å². The molecule has 1 aromatic carbocycles. The number of hydrogen-bond acceptors (Lipinski definition) is 4. The number of carbonyl (C=O) groups excluding carboxylic acids is 3. The molecule has 5 heteroatoms. The summed E-state index contributed by atoms with van der Waals surface area (Å²) in [6.07, 6.45) is 1.74. The Hall–Kier alpha value is -2.04. The van der Waals surface area contributed by atoms with Crippen LogP contribution in [-0.2, 0) is 14.3 Å². The van der Waals surface area contributed by atoms with Gasteiger partial charge in [-0.2, -0.15) is 0 Å². The summed E-state index contributed by atoms with van der Waals surface area (Å²) in [6, 6.07) is 5.33. The first-order valence-electron chi connectivity index (χ1n) is 7.41. The van der Waals surface area contributed by atoms with Crippen LogP contribution in [0.25, 0.3) is 0 Å². The van der Waals surface area contributed by atoms with Crippen LogP contribution < -0.4 is 0 Å². The standard InChI is InChI=1S/C17H21FO4/c1-3-22-16(20)10-5-4-9-15(12(2)19)17(21)13-7-6-8-14(18)11-13/h6-8,11,15H,3-5,9-10H2,1-2H3.